The number of likely N-dealkylation sites (tertiary alicyclic amines) is 1. The summed E-state index contributed by atoms with van der Waals surface area (Å²) in [6, 6.07) is 8.26. The minimum absolute atomic E-state index is 0.0314. The molecule has 2 aliphatic rings. The number of carbonyl (C=O) groups excluding carboxylic acids is 1. The minimum atomic E-state index is -0.860. The van der Waals surface area contributed by atoms with Crippen molar-refractivity contribution in [2.24, 2.45) is 0 Å². The van der Waals surface area contributed by atoms with E-state index in [2.05, 4.69) is 12.1 Å². The summed E-state index contributed by atoms with van der Waals surface area (Å²) in [5, 5.41) is 9.12. The van der Waals surface area contributed by atoms with Gasteiger partial charge in [0, 0.05) is 18.5 Å². The van der Waals surface area contributed by atoms with Gasteiger partial charge in [0.1, 0.15) is 12.9 Å². The van der Waals surface area contributed by atoms with Crippen molar-refractivity contribution in [3.8, 4) is 0 Å². The van der Waals surface area contributed by atoms with Crippen LogP contribution in [0.15, 0.2) is 24.3 Å². The molecule has 1 aliphatic carbocycles. The van der Waals surface area contributed by atoms with Crippen LogP contribution in [-0.2, 0) is 21.4 Å². The summed E-state index contributed by atoms with van der Waals surface area (Å²) in [4.78, 5) is 23.2. The van der Waals surface area contributed by atoms with Crippen LogP contribution in [-0.4, -0.2) is 48.2 Å². The van der Waals surface area contributed by atoms with E-state index < -0.39 is 6.09 Å². The fourth-order valence-electron chi connectivity index (χ4n) is 3.81. The number of carboxylic acid groups (broad SMARTS) is 1. The maximum absolute atomic E-state index is 11.1. The number of nitrogens with zero attached hydrogens (tertiary/aromatic N) is 1. The standard InChI is InChI=1S/C16H19NO4/c18-9-10-21-14-11-12-3-1-2-4-13(12)16(14)5-7-17(8-6-16)15(19)20/h1-4,9,14H,5-8,10-11H2,(H,19,20)/t14-/m0/s1. The van der Waals surface area contributed by atoms with E-state index in [1.807, 2.05) is 12.1 Å². The molecular formula is C16H19NO4. The normalized spacial score (nSPS) is 23.0. The van der Waals surface area contributed by atoms with Crippen LogP contribution in [0.2, 0.25) is 0 Å². The molecule has 1 fully saturated rings. The van der Waals surface area contributed by atoms with Crippen LogP contribution in [0, 0.1) is 0 Å². The third-order valence-corrected chi connectivity index (χ3v) is 4.87. The van der Waals surface area contributed by atoms with Crippen LogP contribution in [0.25, 0.3) is 0 Å². The Kier molecular flexibility index (Phi) is 3.68. The maximum Gasteiger partial charge on any atom is 0.407 e. The molecule has 1 aliphatic heterocycles. The number of hydrogen-bond donors (Lipinski definition) is 1. The van der Waals surface area contributed by atoms with E-state index in [0.717, 1.165) is 25.5 Å². The van der Waals surface area contributed by atoms with Gasteiger partial charge in [0.05, 0.1) is 6.10 Å². The Balaban J connectivity index is 1.88. The Hall–Kier alpha value is -1.88. The molecular weight excluding hydrogens is 270 g/mol. The highest BCUT2D eigenvalue weighted by Crippen LogP contribution is 2.47. The van der Waals surface area contributed by atoms with Crippen molar-refractivity contribution in [2.45, 2.75) is 30.8 Å². The highest BCUT2D eigenvalue weighted by molar-refractivity contribution is 5.65. The highest BCUT2D eigenvalue weighted by atomic mass is 16.5. The van der Waals surface area contributed by atoms with Crippen LogP contribution in [0.5, 0.6) is 0 Å². The Morgan fingerprint density at radius 1 is 1.38 bits per heavy atom. The van der Waals surface area contributed by atoms with Gasteiger partial charge in [0.2, 0.25) is 0 Å². The van der Waals surface area contributed by atoms with E-state index in [-0.39, 0.29) is 18.1 Å². The molecule has 1 heterocycles. The first-order chi connectivity index (χ1) is 10.2. The zero-order chi connectivity index (χ0) is 14.9. The second-order valence-corrected chi connectivity index (χ2v) is 5.78. The van der Waals surface area contributed by atoms with Crippen molar-refractivity contribution < 1.29 is 19.4 Å². The third kappa shape index (κ3) is 2.31. The topological polar surface area (TPSA) is 66.8 Å². The minimum Gasteiger partial charge on any atom is -0.465 e. The third-order valence-electron chi connectivity index (χ3n) is 4.87. The highest BCUT2D eigenvalue weighted by Gasteiger charge is 2.49. The van der Waals surface area contributed by atoms with E-state index in [0.29, 0.717) is 13.1 Å². The van der Waals surface area contributed by atoms with Gasteiger partial charge >= 0.3 is 6.09 Å². The van der Waals surface area contributed by atoms with E-state index >= 15 is 0 Å². The molecule has 0 bridgehead atoms. The molecule has 0 aromatic heterocycles. The van der Waals surface area contributed by atoms with Gasteiger partial charge in [-0.3, -0.25) is 0 Å². The maximum atomic E-state index is 11.1. The SMILES string of the molecule is O=CCO[C@H]1Cc2ccccc2C12CCN(C(=O)O)CC2. The molecule has 0 unspecified atom stereocenters. The second kappa shape index (κ2) is 5.48. The molecule has 1 amide bonds. The van der Waals surface area contributed by atoms with Gasteiger partial charge in [-0.05, 0) is 30.4 Å². The summed E-state index contributed by atoms with van der Waals surface area (Å²) in [6.07, 6.45) is 2.19. The van der Waals surface area contributed by atoms with Crippen LogP contribution < -0.4 is 0 Å². The summed E-state index contributed by atoms with van der Waals surface area (Å²) in [7, 11) is 0. The zero-order valence-corrected chi connectivity index (χ0v) is 11.8. The molecule has 0 radical (unpaired) electrons. The summed E-state index contributed by atoms with van der Waals surface area (Å²) in [5.74, 6) is 0. The Morgan fingerprint density at radius 2 is 2.10 bits per heavy atom. The number of rotatable bonds is 3. The summed E-state index contributed by atoms with van der Waals surface area (Å²) >= 11 is 0. The van der Waals surface area contributed by atoms with Crippen molar-refractivity contribution in [2.75, 3.05) is 19.7 Å². The predicted molar refractivity (Wildman–Crippen MR) is 76.5 cm³/mol. The summed E-state index contributed by atoms with van der Waals surface area (Å²) < 4.78 is 5.79. The van der Waals surface area contributed by atoms with Crippen molar-refractivity contribution in [3.63, 3.8) is 0 Å². The molecule has 21 heavy (non-hydrogen) atoms. The zero-order valence-electron chi connectivity index (χ0n) is 11.8. The average Bonchev–Trinajstić information content (AvgIpc) is 2.80. The molecule has 1 aromatic rings. The van der Waals surface area contributed by atoms with Crippen LogP contribution in [0.4, 0.5) is 4.79 Å². The Bertz CT molecular complexity index is 549. The first-order valence-electron chi connectivity index (χ1n) is 7.29. The van der Waals surface area contributed by atoms with E-state index in [1.165, 1.54) is 16.0 Å². The van der Waals surface area contributed by atoms with Gasteiger partial charge in [-0.2, -0.15) is 0 Å². The van der Waals surface area contributed by atoms with Gasteiger partial charge in [-0.1, -0.05) is 24.3 Å². The van der Waals surface area contributed by atoms with Gasteiger partial charge < -0.3 is 19.5 Å². The van der Waals surface area contributed by atoms with Gasteiger partial charge in [-0.25, -0.2) is 4.79 Å². The quantitative estimate of drug-likeness (QED) is 0.862. The number of amides is 1. The molecule has 0 saturated carbocycles. The van der Waals surface area contributed by atoms with Crippen molar-refractivity contribution in [1.82, 2.24) is 4.90 Å². The summed E-state index contributed by atoms with van der Waals surface area (Å²) in [6.45, 7) is 1.14. The molecule has 5 heteroatoms. The molecule has 112 valence electrons. The van der Waals surface area contributed by atoms with Crippen LogP contribution >= 0.6 is 0 Å². The molecule has 3 rings (SSSR count). The lowest BCUT2D eigenvalue weighted by atomic mass is 9.72. The van der Waals surface area contributed by atoms with Gasteiger partial charge in [0.25, 0.3) is 0 Å². The Labute approximate surface area is 123 Å². The largest absolute Gasteiger partial charge is 0.465 e. The lowest BCUT2D eigenvalue weighted by molar-refractivity contribution is -0.115. The monoisotopic (exact) mass is 289 g/mol. The first-order valence-corrected chi connectivity index (χ1v) is 7.29. The van der Waals surface area contributed by atoms with Gasteiger partial charge in [0.15, 0.2) is 0 Å². The second-order valence-electron chi connectivity index (χ2n) is 5.78. The first kappa shape index (κ1) is 14.1. The van der Waals surface area contributed by atoms with Crippen molar-refractivity contribution in [3.05, 3.63) is 35.4 Å². The number of hydrogen-bond acceptors (Lipinski definition) is 3. The molecule has 5 nitrogen and oxygen atoms in total. The number of aldehydes is 1. The number of benzene rings is 1. The lowest BCUT2D eigenvalue weighted by Gasteiger charge is -2.42. The number of ether oxygens (including phenoxy) is 1. The number of fused-ring (bicyclic) bond motifs is 2. The Morgan fingerprint density at radius 3 is 2.76 bits per heavy atom. The van der Waals surface area contributed by atoms with Crippen LogP contribution in [0.3, 0.4) is 0 Å². The average molecular weight is 289 g/mol. The summed E-state index contributed by atoms with van der Waals surface area (Å²) in [5.41, 5.74) is 2.38. The predicted octanol–water partition coefficient (Wildman–Crippen LogP) is 1.84. The molecule has 1 spiro atoms. The van der Waals surface area contributed by atoms with Crippen LogP contribution in [0.1, 0.15) is 24.0 Å². The molecule has 1 saturated heterocycles. The molecule has 1 N–H and O–H groups in total. The van der Waals surface area contributed by atoms with E-state index in [9.17, 15) is 9.59 Å². The van der Waals surface area contributed by atoms with Crippen molar-refractivity contribution >= 4 is 12.4 Å². The smallest absolute Gasteiger partial charge is 0.407 e. The lowest BCUT2D eigenvalue weighted by Crippen LogP contribution is -2.49. The molecule has 1 atom stereocenters. The van der Waals surface area contributed by atoms with Gasteiger partial charge in [-0.15, -0.1) is 0 Å². The van der Waals surface area contributed by atoms with E-state index in [4.69, 9.17) is 9.84 Å². The fourth-order valence-corrected chi connectivity index (χ4v) is 3.81. The number of piperidine rings is 1. The van der Waals surface area contributed by atoms with Crippen molar-refractivity contribution in [1.29, 1.82) is 0 Å². The molecule has 1 aromatic carbocycles. The van der Waals surface area contributed by atoms with E-state index in [1.54, 1.807) is 0 Å². The fraction of sp³-hybridized carbons (Fsp3) is 0.500. The number of carbonyl (C=O) groups is 2.